The molecular weight excluding hydrogens is 331 g/mol. The maximum absolute atomic E-state index is 13.8. The summed E-state index contributed by atoms with van der Waals surface area (Å²) >= 11 is 0. The van der Waals surface area contributed by atoms with Crippen molar-refractivity contribution in [2.75, 3.05) is 13.1 Å². The Labute approximate surface area is 144 Å². The summed E-state index contributed by atoms with van der Waals surface area (Å²) in [7, 11) is 0. The van der Waals surface area contributed by atoms with Gasteiger partial charge < -0.3 is 9.64 Å². The fourth-order valence-electron chi connectivity index (χ4n) is 2.91. The van der Waals surface area contributed by atoms with Gasteiger partial charge in [-0.05, 0) is 42.7 Å². The van der Waals surface area contributed by atoms with Crippen molar-refractivity contribution in [3.8, 4) is 0 Å². The number of ether oxygens (including phenoxy) is 1. The van der Waals surface area contributed by atoms with Gasteiger partial charge in [-0.25, -0.2) is 13.2 Å². The van der Waals surface area contributed by atoms with E-state index in [-0.39, 0.29) is 24.2 Å². The van der Waals surface area contributed by atoms with Gasteiger partial charge in [0.2, 0.25) is 0 Å². The zero-order valence-corrected chi connectivity index (χ0v) is 13.6. The summed E-state index contributed by atoms with van der Waals surface area (Å²) in [6, 6.07) is 9.50. The summed E-state index contributed by atoms with van der Waals surface area (Å²) in [5, 5.41) is 0. The van der Waals surface area contributed by atoms with Gasteiger partial charge in [-0.3, -0.25) is 4.79 Å². The SMILES string of the molecule is O=C(c1ccccc1F)N1CCC[C@@H](OCc2ccc(F)c(F)c2)C1. The lowest BCUT2D eigenvalue weighted by molar-refractivity contribution is -0.00694. The fraction of sp³-hybridized carbons (Fsp3) is 0.316. The second kappa shape index (κ2) is 7.70. The summed E-state index contributed by atoms with van der Waals surface area (Å²) in [6.45, 7) is 1.01. The van der Waals surface area contributed by atoms with Crippen LogP contribution in [0.25, 0.3) is 0 Å². The first-order chi connectivity index (χ1) is 12.0. The molecule has 3 rings (SSSR count). The lowest BCUT2D eigenvalue weighted by Gasteiger charge is -2.32. The van der Waals surface area contributed by atoms with Gasteiger partial charge in [-0.15, -0.1) is 0 Å². The average Bonchev–Trinajstić information content (AvgIpc) is 2.63. The van der Waals surface area contributed by atoms with Crippen LogP contribution in [0.2, 0.25) is 0 Å². The van der Waals surface area contributed by atoms with E-state index in [0.717, 1.165) is 25.0 Å². The molecule has 1 aliphatic rings. The third-order valence-corrected chi connectivity index (χ3v) is 4.24. The molecule has 0 unspecified atom stereocenters. The van der Waals surface area contributed by atoms with Gasteiger partial charge in [0.25, 0.3) is 5.91 Å². The van der Waals surface area contributed by atoms with Crippen LogP contribution < -0.4 is 0 Å². The van der Waals surface area contributed by atoms with Crippen LogP contribution in [-0.4, -0.2) is 30.0 Å². The molecule has 0 spiro atoms. The Kier molecular flexibility index (Phi) is 5.38. The quantitative estimate of drug-likeness (QED) is 0.837. The Bertz CT molecular complexity index is 766. The lowest BCUT2D eigenvalue weighted by atomic mass is 10.1. The Morgan fingerprint density at radius 3 is 2.64 bits per heavy atom. The Morgan fingerprint density at radius 1 is 1.08 bits per heavy atom. The molecule has 2 aromatic carbocycles. The number of halogens is 3. The van der Waals surface area contributed by atoms with Crippen molar-refractivity contribution in [3.05, 3.63) is 71.0 Å². The summed E-state index contributed by atoms with van der Waals surface area (Å²) in [5.74, 6) is -2.72. The van der Waals surface area contributed by atoms with Crippen molar-refractivity contribution in [3.63, 3.8) is 0 Å². The maximum atomic E-state index is 13.8. The number of piperidine rings is 1. The van der Waals surface area contributed by atoms with E-state index in [0.29, 0.717) is 18.7 Å². The molecule has 6 heteroatoms. The number of amides is 1. The molecule has 0 bridgehead atoms. The minimum absolute atomic E-state index is 0.0451. The molecule has 1 saturated heterocycles. The number of likely N-dealkylation sites (tertiary alicyclic amines) is 1. The highest BCUT2D eigenvalue weighted by Gasteiger charge is 2.26. The second-order valence-electron chi connectivity index (χ2n) is 6.05. The zero-order chi connectivity index (χ0) is 17.8. The first-order valence-corrected chi connectivity index (χ1v) is 8.14. The molecule has 0 saturated carbocycles. The molecule has 2 aromatic rings. The Morgan fingerprint density at radius 2 is 1.88 bits per heavy atom. The summed E-state index contributed by atoms with van der Waals surface area (Å²) < 4.78 is 45.7. The number of carbonyl (C=O) groups is 1. The average molecular weight is 349 g/mol. The number of rotatable bonds is 4. The molecule has 1 atom stereocenters. The number of hydrogen-bond donors (Lipinski definition) is 0. The molecular formula is C19H18F3NO2. The predicted octanol–water partition coefficient (Wildman–Crippen LogP) is 3.93. The summed E-state index contributed by atoms with van der Waals surface area (Å²) in [4.78, 5) is 14.0. The first kappa shape index (κ1) is 17.5. The topological polar surface area (TPSA) is 29.5 Å². The molecule has 3 nitrogen and oxygen atoms in total. The van der Waals surface area contributed by atoms with Gasteiger partial charge >= 0.3 is 0 Å². The molecule has 25 heavy (non-hydrogen) atoms. The minimum atomic E-state index is -0.916. The van der Waals surface area contributed by atoms with Crippen LogP contribution in [0.4, 0.5) is 13.2 Å². The van der Waals surface area contributed by atoms with Crippen LogP contribution in [0, 0.1) is 17.5 Å². The second-order valence-corrected chi connectivity index (χ2v) is 6.05. The van der Waals surface area contributed by atoms with E-state index in [1.54, 1.807) is 11.0 Å². The fourth-order valence-corrected chi connectivity index (χ4v) is 2.91. The standard InChI is InChI=1S/C19H18F3NO2/c20-16-6-2-1-5-15(16)19(24)23-9-3-4-14(11-23)25-12-13-7-8-17(21)18(22)10-13/h1-2,5-8,10,14H,3-4,9,11-12H2/t14-/m1/s1. The number of hydrogen-bond acceptors (Lipinski definition) is 2. The van der Waals surface area contributed by atoms with Crippen molar-refractivity contribution < 1.29 is 22.7 Å². The largest absolute Gasteiger partial charge is 0.372 e. The van der Waals surface area contributed by atoms with E-state index >= 15 is 0 Å². The minimum Gasteiger partial charge on any atom is -0.372 e. The molecule has 1 heterocycles. The van der Waals surface area contributed by atoms with E-state index in [1.807, 2.05) is 0 Å². The molecule has 0 radical (unpaired) electrons. The van der Waals surface area contributed by atoms with Gasteiger partial charge in [0.05, 0.1) is 18.3 Å². The van der Waals surface area contributed by atoms with Gasteiger partial charge in [-0.2, -0.15) is 0 Å². The van der Waals surface area contributed by atoms with Crippen molar-refractivity contribution in [1.29, 1.82) is 0 Å². The van der Waals surface area contributed by atoms with Gasteiger partial charge in [-0.1, -0.05) is 18.2 Å². The maximum Gasteiger partial charge on any atom is 0.256 e. The lowest BCUT2D eigenvalue weighted by Crippen LogP contribution is -2.43. The van der Waals surface area contributed by atoms with Crippen LogP contribution >= 0.6 is 0 Å². The molecule has 0 aromatic heterocycles. The van der Waals surface area contributed by atoms with Crippen molar-refractivity contribution in [2.24, 2.45) is 0 Å². The molecule has 0 aliphatic carbocycles. The molecule has 1 aliphatic heterocycles. The molecule has 132 valence electrons. The molecule has 0 N–H and O–H groups in total. The van der Waals surface area contributed by atoms with E-state index in [1.165, 1.54) is 24.3 Å². The van der Waals surface area contributed by atoms with Crippen LogP contribution in [0.3, 0.4) is 0 Å². The third-order valence-electron chi connectivity index (χ3n) is 4.24. The molecule has 1 amide bonds. The molecule has 1 fully saturated rings. The highest BCUT2D eigenvalue weighted by Crippen LogP contribution is 2.19. The highest BCUT2D eigenvalue weighted by molar-refractivity contribution is 5.94. The van der Waals surface area contributed by atoms with Gasteiger partial charge in [0, 0.05) is 13.1 Å². The van der Waals surface area contributed by atoms with Crippen LogP contribution in [-0.2, 0) is 11.3 Å². The van der Waals surface area contributed by atoms with Crippen LogP contribution in [0.5, 0.6) is 0 Å². The monoisotopic (exact) mass is 349 g/mol. The third kappa shape index (κ3) is 4.20. The van der Waals surface area contributed by atoms with Crippen molar-refractivity contribution in [1.82, 2.24) is 4.90 Å². The summed E-state index contributed by atoms with van der Waals surface area (Å²) in [6.07, 6.45) is 1.27. The van der Waals surface area contributed by atoms with Crippen molar-refractivity contribution >= 4 is 5.91 Å². The van der Waals surface area contributed by atoms with Gasteiger partial charge in [0.1, 0.15) is 5.82 Å². The summed E-state index contributed by atoms with van der Waals surface area (Å²) in [5.41, 5.74) is 0.570. The Hall–Kier alpha value is -2.34. The number of carbonyl (C=O) groups excluding carboxylic acids is 1. The normalized spacial score (nSPS) is 17.6. The van der Waals surface area contributed by atoms with E-state index < -0.39 is 17.5 Å². The van der Waals surface area contributed by atoms with Crippen molar-refractivity contribution in [2.45, 2.75) is 25.6 Å². The zero-order valence-electron chi connectivity index (χ0n) is 13.6. The van der Waals surface area contributed by atoms with E-state index in [2.05, 4.69) is 0 Å². The number of benzene rings is 2. The van der Waals surface area contributed by atoms with Gasteiger partial charge in [0.15, 0.2) is 11.6 Å². The first-order valence-electron chi connectivity index (χ1n) is 8.14. The van der Waals surface area contributed by atoms with E-state index in [9.17, 15) is 18.0 Å². The van der Waals surface area contributed by atoms with Crippen LogP contribution in [0.1, 0.15) is 28.8 Å². The Balaban J connectivity index is 1.60. The smallest absolute Gasteiger partial charge is 0.256 e. The van der Waals surface area contributed by atoms with E-state index in [4.69, 9.17) is 4.74 Å². The predicted molar refractivity (Wildman–Crippen MR) is 86.5 cm³/mol. The van der Waals surface area contributed by atoms with Crippen LogP contribution in [0.15, 0.2) is 42.5 Å². The highest BCUT2D eigenvalue weighted by atomic mass is 19.2. The number of nitrogens with zero attached hydrogens (tertiary/aromatic N) is 1.